The Bertz CT molecular complexity index is 1020. The van der Waals surface area contributed by atoms with E-state index in [1.807, 2.05) is 17.0 Å². The third kappa shape index (κ3) is 2.74. The van der Waals surface area contributed by atoms with Crippen LogP contribution in [0.4, 0.5) is 0 Å². The minimum Gasteiger partial charge on any atom is -0.454 e. The summed E-state index contributed by atoms with van der Waals surface area (Å²) in [5.74, 6) is 1.93. The Hall–Kier alpha value is -2.95. The van der Waals surface area contributed by atoms with Gasteiger partial charge in [-0.3, -0.25) is 4.79 Å². The fourth-order valence-electron chi connectivity index (χ4n) is 4.29. The lowest BCUT2D eigenvalue weighted by Crippen LogP contribution is -2.38. The van der Waals surface area contributed by atoms with Gasteiger partial charge in [-0.1, -0.05) is 18.2 Å². The van der Waals surface area contributed by atoms with Crippen LogP contribution in [0.3, 0.4) is 0 Å². The Morgan fingerprint density at radius 2 is 1.78 bits per heavy atom. The normalized spacial score (nSPS) is 16.9. The Morgan fingerprint density at radius 1 is 1.00 bits per heavy atom. The maximum absolute atomic E-state index is 12.9. The van der Waals surface area contributed by atoms with E-state index in [0.717, 1.165) is 25.9 Å². The molecule has 0 bridgehead atoms. The van der Waals surface area contributed by atoms with Crippen LogP contribution in [0.2, 0.25) is 0 Å². The topological polar surface area (TPSA) is 43.7 Å². The van der Waals surface area contributed by atoms with Gasteiger partial charge in [0, 0.05) is 42.8 Å². The van der Waals surface area contributed by atoms with Crippen molar-refractivity contribution in [1.82, 2.24) is 9.47 Å². The molecule has 1 amide bonds. The lowest BCUT2D eigenvalue weighted by molar-refractivity contribution is 0.0711. The molecular formula is C22H22N2O3. The second-order valence-electron chi connectivity index (χ2n) is 7.32. The highest BCUT2D eigenvalue weighted by Gasteiger charge is 2.27. The van der Waals surface area contributed by atoms with Crippen LogP contribution in [0, 0.1) is 0 Å². The Balaban J connectivity index is 1.31. The third-order valence-electron chi connectivity index (χ3n) is 5.81. The van der Waals surface area contributed by atoms with E-state index in [-0.39, 0.29) is 12.7 Å². The van der Waals surface area contributed by atoms with Gasteiger partial charge in [0.15, 0.2) is 11.5 Å². The first-order valence-corrected chi connectivity index (χ1v) is 9.44. The molecule has 0 radical (unpaired) electrons. The summed E-state index contributed by atoms with van der Waals surface area (Å²) >= 11 is 0. The van der Waals surface area contributed by atoms with Crippen molar-refractivity contribution in [3.05, 3.63) is 59.8 Å². The first-order chi connectivity index (χ1) is 13.2. The molecule has 2 aliphatic heterocycles. The molecule has 0 saturated carbocycles. The number of ether oxygens (including phenoxy) is 2. The number of benzene rings is 2. The average molecular weight is 362 g/mol. The van der Waals surface area contributed by atoms with Gasteiger partial charge in [-0.05, 0) is 48.6 Å². The monoisotopic (exact) mass is 362 g/mol. The average Bonchev–Trinajstić information content (AvgIpc) is 3.32. The largest absolute Gasteiger partial charge is 0.454 e. The van der Waals surface area contributed by atoms with E-state index in [1.165, 1.54) is 16.6 Å². The predicted molar refractivity (Wildman–Crippen MR) is 103 cm³/mol. The Kier molecular flexibility index (Phi) is 3.81. The number of fused-ring (bicyclic) bond motifs is 2. The summed E-state index contributed by atoms with van der Waals surface area (Å²) in [6, 6.07) is 16.2. The van der Waals surface area contributed by atoms with Gasteiger partial charge in [0.1, 0.15) is 0 Å². The third-order valence-corrected chi connectivity index (χ3v) is 5.81. The number of aromatic nitrogens is 1. The van der Waals surface area contributed by atoms with Crippen molar-refractivity contribution in [2.24, 2.45) is 7.05 Å². The molecular weight excluding hydrogens is 340 g/mol. The van der Waals surface area contributed by atoms with Crippen molar-refractivity contribution in [2.45, 2.75) is 18.8 Å². The molecule has 0 spiro atoms. The second-order valence-corrected chi connectivity index (χ2v) is 7.32. The van der Waals surface area contributed by atoms with E-state index in [0.29, 0.717) is 23.0 Å². The molecule has 1 saturated heterocycles. The predicted octanol–water partition coefficient (Wildman–Crippen LogP) is 3.93. The van der Waals surface area contributed by atoms with Gasteiger partial charge in [-0.2, -0.15) is 0 Å². The molecule has 3 heterocycles. The maximum Gasteiger partial charge on any atom is 0.253 e. The van der Waals surface area contributed by atoms with E-state index in [2.05, 4.69) is 41.9 Å². The van der Waals surface area contributed by atoms with E-state index in [9.17, 15) is 4.79 Å². The van der Waals surface area contributed by atoms with Crippen molar-refractivity contribution < 1.29 is 14.3 Å². The van der Waals surface area contributed by atoms with Crippen molar-refractivity contribution in [1.29, 1.82) is 0 Å². The second kappa shape index (κ2) is 6.34. The lowest BCUT2D eigenvalue weighted by Gasteiger charge is -2.32. The zero-order chi connectivity index (χ0) is 18.4. The van der Waals surface area contributed by atoms with Crippen LogP contribution in [-0.2, 0) is 7.05 Å². The molecule has 27 heavy (non-hydrogen) atoms. The number of hydrogen-bond donors (Lipinski definition) is 0. The highest BCUT2D eigenvalue weighted by atomic mass is 16.7. The van der Waals surface area contributed by atoms with Crippen molar-refractivity contribution in [2.75, 3.05) is 19.9 Å². The summed E-state index contributed by atoms with van der Waals surface area (Å²) in [6.07, 6.45) is 1.97. The number of para-hydroxylation sites is 1. The minimum absolute atomic E-state index is 0.0730. The maximum atomic E-state index is 12.9. The lowest BCUT2D eigenvalue weighted by atomic mass is 9.93. The number of aryl methyl sites for hydroxylation is 1. The SMILES string of the molecule is Cn1c(C2CCN(C(=O)c3ccc4c(c3)OCO4)CC2)cc2ccccc21. The zero-order valence-corrected chi connectivity index (χ0v) is 15.4. The number of rotatable bonds is 2. The van der Waals surface area contributed by atoms with Crippen LogP contribution in [-0.4, -0.2) is 35.3 Å². The number of hydrogen-bond acceptors (Lipinski definition) is 3. The smallest absolute Gasteiger partial charge is 0.253 e. The molecule has 0 unspecified atom stereocenters. The standard InChI is InChI=1S/C22H22N2O3/c1-23-18-5-3-2-4-16(18)12-19(23)15-8-10-24(11-9-15)22(25)17-6-7-20-21(13-17)27-14-26-20/h2-7,12-13,15H,8-11,14H2,1H3. The van der Waals surface area contributed by atoms with E-state index in [4.69, 9.17) is 9.47 Å². The quantitative estimate of drug-likeness (QED) is 0.694. The van der Waals surface area contributed by atoms with Crippen LogP contribution < -0.4 is 9.47 Å². The fourth-order valence-corrected chi connectivity index (χ4v) is 4.29. The van der Waals surface area contributed by atoms with Crippen LogP contribution >= 0.6 is 0 Å². The highest BCUT2D eigenvalue weighted by molar-refractivity contribution is 5.95. The van der Waals surface area contributed by atoms with Gasteiger partial charge in [0.2, 0.25) is 6.79 Å². The van der Waals surface area contributed by atoms with Crippen molar-refractivity contribution in [3.63, 3.8) is 0 Å². The molecule has 1 aromatic heterocycles. The molecule has 2 aliphatic rings. The summed E-state index contributed by atoms with van der Waals surface area (Å²) in [4.78, 5) is 14.8. The van der Waals surface area contributed by atoms with Crippen molar-refractivity contribution >= 4 is 16.8 Å². The molecule has 0 N–H and O–H groups in total. The van der Waals surface area contributed by atoms with Gasteiger partial charge >= 0.3 is 0 Å². The van der Waals surface area contributed by atoms with Crippen LogP contribution in [0.25, 0.3) is 10.9 Å². The Labute approximate surface area is 158 Å². The summed E-state index contributed by atoms with van der Waals surface area (Å²) in [7, 11) is 2.14. The van der Waals surface area contributed by atoms with Gasteiger partial charge in [-0.25, -0.2) is 0 Å². The van der Waals surface area contributed by atoms with Gasteiger partial charge in [0.05, 0.1) is 0 Å². The van der Waals surface area contributed by atoms with Gasteiger partial charge < -0.3 is 18.9 Å². The minimum atomic E-state index is 0.0730. The highest BCUT2D eigenvalue weighted by Crippen LogP contribution is 2.35. The van der Waals surface area contributed by atoms with Gasteiger partial charge in [-0.15, -0.1) is 0 Å². The molecule has 3 aromatic rings. The molecule has 5 heteroatoms. The van der Waals surface area contributed by atoms with Crippen LogP contribution in [0.5, 0.6) is 11.5 Å². The number of amides is 1. The number of nitrogens with zero attached hydrogens (tertiary/aromatic N) is 2. The summed E-state index contributed by atoms with van der Waals surface area (Å²) in [5, 5.41) is 1.29. The zero-order valence-electron chi connectivity index (χ0n) is 15.4. The number of carbonyl (C=O) groups is 1. The van der Waals surface area contributed by atoms with Crippen LogP contribution in [0.1, 0.15) is 34.8 Å². The van der Waals surface area contributed by atoms with Crippen LogP contribution in [0.15, 0.2) is 48.5 Å². The molecule has 138 valence electrons. The first kappa shape index (κ1) is 16.2. The first-order valence-electron chi connectivity index (χ1n) is 9.44. The number of piperidine rings is 1. The molecule has 5 rings (SSSR count). The molecule has 2 aromatic carbocycles. The number of carbonyl (C=O) groups excluding carboxylic acids is 1. The molecule has 1 fully saturated rings. The van der Waals surface area contributed by atoms with E-state index < -0.39 is 0 Å². The Morgan fingerprint density at radius 3 is 2.59 bits per heavy atom. The number of likely N-dealkylation sites (tertiary alicyclic amines) is 1. The van der Waals surface area contributed by atoms with E-state index in [1.54, 1.807) is 6.07 Å². The fraction of sp³-hybridized carbons (Fsp3) is 0.318. The summed E-state index contributed by atoms with van der Waals surface area (Å²) in [5.41, 5.74) is 3.31. The molecule has 0 aliphatic carbocycles. The van der Waals surface area contributed by atoms with Crippen molar-refractivity contribution in [3.8, 4) is 11.5 Å². The summed E-state index contributed by atoms with van der Waals surface area (Å²) in [6.45, 7) is 1.78. The molecule has 5 nitrogen and oxygen atoms in total. The van der Waals surface area contributed by atoms with Gasteiger partial charge in [0.25, 0.3) is 5.91 Å². The summed E-state index contributed by atoms with van der Waals surface area (Å²) < 4.78 is 13.0. The van der Waals surface area contributed by atoms with E-state index >= 15 is 0 Å². The molecule has 0 atom stereocenters.